The number of carbonyl (C=O) groups is 1. The minimum absolute atomic E-state index is 0.0630. The van der Waals surface area contributed by atoms with Gasteiger partial charge in [0.05, 0.1) is 5.41 Å². The molecule has 3 rings (SSSR count). The van der Waals surface area contributed by atoms with Gasteiger partial charge in [-0.05, 0) is 67.9 Å². The lowest BCUT2D eigenvalue weighted by molar-refractivity contribution is -0.193. The molecule has 192 valence electrons. The van der Waals surface area contributed by atoms with Crippen LogP contribution in [0, 0.1) is 5.41 Å². The van der Waals surface area contributed by atoms with Gasteiger partial charge >= 0.3 is 12.1 Å². The lowest BCUT2D eigenvalue weighted by atomic mass is 9.61. The van der Waals surface area contributed by atoms with E-state index in [0.29, 0.717) is 6.42 Å². The first kappa shape index (κ1) is 27.3. The molecule has 0 spiro atoms. The van der Waals surface area contributed by atoms with Crippen molar-refractivity contribution < 1.29 is 27.8 Å². The second kappa shape index (κ2) is 11.2. The normalized spacial score (nSPS) is 13.3. The fourth-order valence-corrected chi connectivity index (χ4v) is 5.03. The van der Waals surface area contributed by atoms with Crippen molar-refractivity contribution in [1.82, 2.24) is 0 Å². The first-order valence-electron chi connectivity index (χ1n) is 12.1. The standard InChI is InChI=1S/C30H33F3O3/c1-4-22(23-15-17-26(34)18-16-23)19-29(24-11-7-5-8-12-24,25-13-9-6-10-14-25)20-28(2,3)27(35)36-21-30(31,32)33/h5-18,22,34H,4,19-21H2,1-3H3. The molecule has 36 heavy (non-hydrogen) atoms. The van der Waals surface area contributed by atoms with E-state index in [1.807, 2.05) is 72.8 Å². The lowest BCUT2D eigenvalue weighted by Gasteiger charge is -2.42. The van der Waals surface area contributed by atoms with Crippen LogP contribution in [-0.4, -0.2) is 23.9 Å². The van der Waals surface area contributed by atoms with Crippen LogP contribution in [-0.2, 0) is 14.9 Å². The second-order valence-electron chi connectivity index (χ2n) is 9.97. The molecule has 0 saturated heterocycles. The quantitative estimate of drug-likeness (QED) is 0.290. The van der Waals surface area contributed by atoms with Gasteiger partial charge in [-0.1, -0.05) is 79.7 Å². The number of phenolic OH excluding ortho intramolecular Hbond substituents is 1. The number of hydrogen-bond acceptors (Lipinski definition) is 3. The molecule has 0 aliphatic carbocycles. The molecule has 0 heterocycles. The van der Waals surface area contributed by atoms with E-state index in [0.717, 1.165) is 23.1 Å². The van der Waals surface area contributed by atoms with Crippen LogP contribution in [0.1, 0.15) is 62.6 Å². The number of alkyl halides is 3. The van der Waals surface area contributed by atoms with Gasteiger partial charge in [0.25, 0.3) is 0 Å². The fourth-order valence-electron chi connectivity index (χ4n) is 5.03. The second-order valence-corrected chi connectivity index (χ2v) is 9.97. The van der Waals surface area contributed by atoms with Crippen molar-refractivity contribution in [3.8, 4) is 5.75 Å². The molecule has 0 aliphatic heterocycles. The van der Waals surface area contributed by atoms with Crippen molar-refractivity contribution in [2.45, 2.75) is 57.5 Å². The topological polar surface area (TPSA) is 46.5 Å². The predicted octanol–water partition coefficient (Wildman–Crippen LogP) is 7.78. The van der Waals surface area contributed by atoms with Crippen LogP contribution < -0.4 is 0 Å². The minimum atomic E-state index is -4.59. The van der Waals surface area contributed by atoms with E-state index < -0.39 is 29.6 Å². The highest BCUT2D eigenvalue weighted by Crippen LogP contribution is 2.49. The molecule has 1 atom stereocenters. The molecule has 3 nitrogen and oxygen atoms in total. The first-order valence-corrected chi connectivity index (χ1v) is 12.1. The van der Waals surface area contributed by atoms with Crippen LogP contribution in [0.25, 0.3) is 0 Å². The average molecular weight is 499 g/mol. The summed E-state index contributed by atoms with van der Waals surface area (Å²) in [4.78, 5) is 13.0. The van der Waals surface area contributed by atoms with Crippen molar-refractivity contribution in [3.05, 3.63) is 102 Å². The highest BCUT2D eigenvalue weighted by molar-refractivity contribution is 5.76. The molecular formula is C30H33F3O3. The summed E-state index contributed by atoms with van der Waals surface area (Å²) >= 11 is 0. The van der Waals surface area contributed by atoms with Crippen molar-refractivity contribution in [3.63, 3.8) is 0 Å². The minimum Gasteiger partial charge on any atom is -0.508 e. The van der Waals surface area contributed by atoms with Crippen molar-refractivity contribution in [1.29, 1.82) is 0 Å². The SMILES string of the molecule is CCC(CC(CC(C)(C)C(=O)OCC(F)(F)F)(c1ccccc1)c1ccccc1)c1ccc(O)cc1. The van der Waals surface area contributed by atoms with Gasteiger partial charge in [0.2, 0.25) is 0 Å². The number of phenols is 1. The van der Waals surface area contributed by atoms with Gasteiger partial charge < -0.3 is 9.84 Å². The molecule has 0 amide bonds. The smallest absolute Gasteiger partial charge is 0.422 e. The molecule has 0 fully saturated rings. The van der Waals surface area contributed by atoms with Crippen LogP contribution in [0.15, 0.2) is 84.9 Å². The zero-order valence-corrected chi connectivity index (χ0v) is 20.9. The molecule has 0 saturated carbocycles. The highest BCUT2D eigenvalue weighted by atomic mass is 19.4. The number of benzene rings is 3. The Bertz CT molecular complexity index is 1070. The number of rotatable bonds is 10. The van der Waals surface area contributed by atoms with E-state index in [9.17, 15) is 23.1 Å². The number of esters is 1. The number of aromatic hydroxyl groups is 1. The monoisotopic (exact) mass is 498 g/mol. The van der Waals surface area contributed by atoms with Gasteiger partial charge in [-0.3, -0.25) is 4.79 Å². The van der Waals surface area contributed by atoms with Crippen molar-refractivity contribution in [2.75, 3.05) is 6.61 Å². The van der Waals surface area contributed by atoms with E-state index in [2.05, 4.69) is 6.92 Å². The summed E-state index contributed by atoms with van der Waals surface area (Å²) < 4.78 is 43.2. The third kappa shape index (κ3) is 6.68. The Morgan fingerprint density at radius 2 is 1.36 bits per heavy atom. The molecule has 0 bridgehead atoms. The molecule has 6 heteroatoms. The largest absolute Gasteiger partial charge is 0.508 e. The van der Waals surface area contributed by atoms with Crippen LogP contribution >= 0.6 is 0 Å². The van der Waals surface area contributed by atoms with Crippen LogP contribution in [0.2, 0.25) is 0 Å². The Hall–Kier alpha value is -3.28. The molecule has 0 aromatic heterocycles. The number of halogens is 3. The maximum Gasteiger partial charge on any atom is 0.422 e. The van der Waals surface area contributed by atoms with Gasteiger partial charge in [-0.25, -0.2) is 0 Å². The summed E-state index contributed by atoms with van der Waals surface area (Å²) in [6, 6.07) is 26.7. The zero-order chi connectivity index (χ0) is 26.4. The molecule has 1 N–H and O–H groups in total. The number of hydrogen-bond donors (Lipinski definition) is 1. The highest BCUT2D eigenvalue weighted by Gasteiger charge is 2.45. The zero-order valence-electron chi connectivity index (χ0n) is 20.9. The fraction of sp³-hybridized carbons (Fsp3) is 0.367. The van der Waals surface area contributed by atoms with Crippen LogP contribution in [0.5, 0.6) is 5.75 Å². The van der Waals surface area contributed by atoms with E-state index in [-0.39, 0.29) is 18.1 Å². The summed E-state index contributed by atoms with van der Waals surface area (Å²) in [5.41, 5.74) is 1.10. The average Bonchev–Trinajstić information content (AvgIpc) is 2.86. The van der Waals surface area contributed by atoms with E-state index in [1.165, 1.54) is 0 Å². The Balaban J connectivity index is 2.12. The summed E-state index contributed by atoms with van der Waals surface area (Å²) in [6.07, 6.45) is -2.93. The number of carbonyl (C=O) groups excluding carboxylic acids is 1. The molecule has 3 aromatic rings. The Morgan fingerprint density at radius 3 is 1.81 bits per heavy atom. The Morgan fingerprint density at radius 1 is 0.861 bits per heavy atom. The molecule has 1 unspecified atom stereocenters. The van der Waals surface area contributed by atoms with E-state index in [4.69, 9.17) is 4.74 Å². The van der Waals surface area contributed by atoms with Gasteiger partial charge in [-0.15, -0.1) is 0 Å². The molecular weight excluding hydrogens is 465 g/mol. The van der Waals surface area contributed by atoms with Gasteiger partial charge in [0, 0.05) is 5.41 Å². The Labute approximate surface area is 210 Å². The van der Waals surface area contributed by atoms with Crippen molar-refractivity contribution in [2.24, 2.45) is 5.41 Å². The third-order valence-corrected chi connectivity index (χ3v) is 6.77. The summed E-state index contributed by atoms with van der Waals surface area (Å²) in [7, 11) is 0. The molecule has 0 aliphatic rings. The van der Waals surface area contributed by atoms with Gasteiger partial charge in [0.1, 0.15) is 5.75 Å². The van der Waals surface area contributed by atoms with Gasteiger partial charge in [0.15, 0.2) is 6.61 Å². The first-order chi connectivity index (χ1) is 17.0. The number of ether oxygens (including phenoxy) is 1. The van der Waals surface area contributed by atoms with Gasteiger partial charge in [-0.2, -0.15) is 13.2 Å². The summed E-state index contributed by atoms with van der Waals surface area (Å²) in [5.74, 6) is -0.638. The molecule has 0 radical (unpaired) electrons. The van der Waals surface area contributed by atoms with Crippen LogP contribution in [0.4, 0.5) is 13.2 Å². The maximum atomic E-state index is 13.0. The van der Waals surface area contributed by atoms with Crippen molar-refractivity contribution >= 4 is 5.97 Å². The third-order valence-electron chi connectivity index (χ3n) is 6.77. The van der Waals surface area contributed by atoms with Crippen LogP contribution in [0.3, 0.4) is 0 Å². The maximum absolute atomic E-state index is 13.0. The Kier molecular flexibility index (Phi) is 8.49. The van der Waals surface area contributed by atoms with E-state index in [1.54, 1.807) is 26.0 Å². The summed E-state index contributed by atoms with van der Waals surface area (Å²) in [6.45, 7) is 3.77. The molecule has 3 aromatic carbocycles. The predicted molar refractivity (Wildman–Crippen MR) is 135 cm³/mol. The summed E-state index contributed by atoms with van der Waals surface area (Å²) in [5, 5.41) is 9.79. The van der Waals surface area contributed by atoms with E-state index >= 15 is 0 Å². The lowest BCUT2D eigenvalue weighted by Crippen LogP contribution is -2.40.